The van der Waals surface area contributed by atoms with Crippen LogP contribution >= 0.6 is 0 Å². The van der Waals surface area contributed by atoms with E-state index >= 15 is 0 Å². The molecule has 1 fully saturated rings. The number of nitrogens with two attached hydrogens (primary N) is 1. The molecule has 1 aliphatic rings. The van der Waals surface area contributed by atoms with E-state index in [4.69, 9.17) is 5.84 Å². The zero-order valence-electron chi connectivity index (χ0n) is 6.80. The van der Waals surface area contributed by atoms with Crippen molar-refractivity contribution in [1.29, 1.82) is 0 Å². The molecule has 0 aromatic carbocycles. The summed E-state index contributed by atoms with van der Waals surface area (Å²) in [5, 5.41) is 0. The Morgan fingerprint density at radius 2 is 2.30 bits per heavy atom. The molecule has 0 spiro atoms. The molecule has 1 aliphatic heterocycles. The van der Waals surface area contributed by atoms with E-state index in [1.54, 1.807) is 0 Å². The first kappa shape index (κ1) is 7.98. The molecular weight excluding hydrogens is 126 g/mol. The molecule has 1 saturated heterocycles. The molecule has 0 amide bonds. The first-order chi connectivity index (χ1) is 4.74. The molecule has 2 atom stereocenters. The molecule has 0 aromatic heterocycles. The Morgan fingerprint density at radius 1 is 1.60 bits per heavy atom. The first-order valence-corrected chi connectivity index (χ1v) is 3.90. The van der Waals surface area contributed by atoms with E-state index in [2.05, 4.69) is 24.3 Å². The predicted octanol–water partition coefficient (Wildman–Crippen LogP) is -0.0676. The van der Waals surface area contributed by atoms with Gasteiger partial charge >= 0.3 is 0 Å². The van der Waals surface area contributed by atoms with E-state index in [9.17, 15) is 0 Å². The van der Waals surface area contributed by atoms with Gasteiger partial charge in [-0.3, -0.25) is 11.3 Å². The normalized spacial score (nSPS) is 36.3. The largest absolute Gasteiger partial charge is 0.304 e. The molecule has 0 aromatic rings. The first-order valence-electron chi connectivity index (χ1n) is 3.90. The summed E-state index contributed by atoms with van der Waals surface area (Å²) in [6, 6.07) is 1.21. The van der Waals surface area contributed by atoms with Crippen molar-refractivity contribution in [3.63, 3.8) is 0 Å². The Morgan fingerprint density at radius 3 is 2.80 bits per heavy atom. The second kappa shape index (κ2) is 3.32. The van der Waals surface area contributed by atoms with E-state index in [1.807, 2.05) is 0 Å². The lowest BCUT2D eigenvalue weighted by atomic mass is 10.00. The minimum Gasteiger partial charge on any atom is -0.304 e. The molecule has 60 valence electrons. The zero-order valence-corrected chi connectivity index (χ0v) is 6.80. The lowest BCUT2D eigenvalue weighted by molar-refractivity contribution is 0.169. The Balaban J connectivity index is 2.33. The topological polar surface area (TPSA) is 41.3 Å². The van der Waals surface area contributed by atoms with Crippen molar-refractivity contribution in [2.24, 2.45) is 5.84 Å². The summed E-state index contributed by atoms with van der Waals surface area (Å²) in [7, 11) is 2.16. The highest BCUT2D eigenvalue weighted by atomic mass is 15.3. The van der Waals surface area contributed by atoms with Crippen molar-refractivity contribution in [3.8, 4) is 0 Å². The molecule has 1 rings (SSSR count). The summed E-state index contributed by atoms with van der Waals surface area (Å²) >= 11 is 0. The minimum atomic E-state index is 0.534. The average Bonchev–Trinajstić information content (AvgIpc) is 1.95. The Kier molecular flexibility index (Phi) is 2.65. The van der Waals surface area contributed by atoms with Crippen LogP contribution in [0.4, 0.5) is 0 Å². The highest BCUT2D eigenvalue weighted by Gasteiger charge is 2.20. The molecule has 1 heterocycles. The van der Waals surface area contributed by atoms with Gasteiger partial charge in [0, 0.05) is 12.1 Å². The summed E-state index contributed by atoms with van der Waals surface area (Å²) in [4.78, 5) is 2.37. The fourth-order valence-corrected chi connectivity index (χ4v) is 1.44. The van der Waals surface area contributed by atoms with Gasteiger partial charge < -0.3 is 4.90 Å². The maximum atomic E-state index is 5.34. The summed E-state index contributed by atoms with van der Waals surface area (Å²) in [5.74, 6) is 5.34. The summed E-state index contributed by atoms with van der Waals surface area (Å²) in [6.07, 6.45) is 2.35. The fraction of sp³-hybridized carbons (Fsp3) is 1.00. The lowest BCUT2D eigenvalue weighted by Crippen LogP contribution is -2.47. The second-order valence-corrected chi connectivity index (χ2v) is 3.22. The van der Waals surface area contributed by atoms with Crippen LogP contribution in [0.5, 0.6) is 0 Å². The van der Waals surface area contributed by atoms with Gasteiger partial charge in [0.05, 0.1) is 0 Å². The van der Waals surface area contributed by atoms with Crippen LogP contribution in [0.1, 0.15) is 19.8 Å². The third-order valence-electron chi connectivity index (χ3n) is 2.44. The van der Waals surface area contributed by atoms with Gasteiger partial charge in [-0.15, -0.1) is 0 Å². The van der Waals surface area contributed by atoms with E-state index in [0.717, 1.165) is 6.54 Å². The maximum Gasteiger partial charge on any atom is 0.0237 e. The third-order valence-corrected chi connectivity index (χ3v) is 2.44. The van der Waals surface area contributed by atoms with Gasteiger partial charge in [-0.1, -0.05) is 0 Å². The molecule has 0 aliphatic carbocycles. The van der Waals surface area contributed by atoms with Crippen LogP contribution in [0.3, 0.4) is 0 Å². The SMILES string of the molecule is C[C@H]1C[C@@H](NN)CCN1C. The van der Waals surface area contributed by atoms with Crippen LogP contribution in [-0.4, -0.2) is 30.6 Å². The number of hydrogen-bond acceptors (Lipinski definition) is 3. The molecule has 0 bridgehead atoms. The van der Waals surface area contributed by atoms with Crippen molar-refractivity contribution in [1.82, 2.24) is 10.3 Å². The Labute approximate surface area is 62.5 Å². The van der Waals surface area contributed by atoms with Crippen LogP contribution < -0.4 is 11.3 Å². The fourth-order valence-electron chi connectivity index (χ4n) is 1.44. The zero-order chi connectivity index (χ0) is 7.56. The molecule has 0 saturated carbocycles. The van der Waals surface area contributed by atoms with Crippen LogP contribution in [0.2, 0.25) is 0 Å². The van der Waals surface area contributed by atoms with Crippen LogP contribution in [-0.2, 0) is 0 Å². The highest BCUT2D eigenvalue weighted by molar-refractivity contribution is 4.79. The van der Waals surface area contributed by atoms with Crippen LogP contribution in [0, 0.1) is 0 Å². The van der Waals surface area contributed by atoms with Gasteiger partial charge in [-0.05, 0) is 33.4 Å². The number of hydrogen-bond donors (Lipinski definition) is 2. The van der Waals surface area contributed by atoms with Crippen molar-refractivity contribution in [2.75, 3.05) is 13.6 Å². The number of nitrogens with one attached hydrogen (secondary N) is 1. The lowest BCUT2D eigenvalue weighted by Gasteiger charge is -2.34. The van der Waals surface area contributed by atoms with E-state index in [1.165, 1.54) is 12.8 Å². The maximum absolute atomic E-state index is 5.34. The van der Waals surface area contributed by atoms with Gasteiger partial charge in [0.25, 0.3) is 0 Å². The van der Waals surface area contributed by atoms with E-state index in [-0.39, 0.29) is 0 Å². The van der Waals surface area contributed by atoms with Gasteiger partial charge in [0.2, 0.25) is 0 Å². The Hall–Kier alpha value is -0.120. The summed E-state index contributed by atoms with van der Waals surface area (Å²) in [6.45, 7) is 3.40. The quantitative estimate of drug-likeness (QED) is 0.399. The molecule has 3 N–H and O–H groups in total. The predicted molar refractivity (Wildman–Crippen MR) is 42.4 cm³/mol. The molecule has 3 heteroatoms. The average molecular weight is 143 g/mol. The van der Waals surface area contributed by atoms with Crippen molar-refractivity contribution < 1.29 is 0 Å². The minimum absolute atomic E-state index is 0.534. The second-order valence-electron chi connectivity index (χ2n) is 3.22. The van der Waals surface area contributed by atoms with Crippen molar-refractivity contribution in [2.45, 2.75) is 31.8 Å². The molecule has 3 nitrogen and oxygen atoms in total. The number of piperidine rings is 1. The number of likely N-dealkylation sites (tertiary alicyclic amines) is 1. The van der Waals surface area contributed by atoms with Crippen LogP contribution in [0.25, 0.3) is 0 Å². The number of rotatable bonds is 1. The van der Waals surface area contributed by atoms with Gasteiger partial charge in [0.1, 0.15) is 0 Å². The van der Waals surface area contributed by atoms with Gasteiger partial charge in [0.15, 0.2) is 0 Å². The van der Waals surface area contributed by atoms with E-state index in [0.29, 0.717) is 12.1 Å². The number of nitrogens with zero attached hydrogens (tertiary/aromatic N) is 1. The number of hydrazine groups is 1. The monoisotopic (exact) mass is 143 g/mol. The Bertz CT molecular complexity index is 105. The molecule has 0 unspecified atom stereocenters. The van der Waals surface area contributed by atoms with Crippen molar-refractivity contribution in [3.05, 3.63) is 0 Å². The summed E-state index contributed by atoms with van der Waals surface area (Å²) in [5.41, 5.74) is 2.83. The van der Waals surface area contributed by atoms with Gasteiger partial charge in [-0.25, -0.2) is 0 Å². The van der Waals surface area contributed by atoms with Crippen molar-refractivity contribution >= 4 is 0 Å². The highest BCUT2D eigenvalue weighted by Crippen LogP contribution is 2.13. The third kappa shape index (κ3) is 1.68. The van der Waals surface area contributed by atoms with E-state index < -0.39 is 0 Å². The molecular formula is C7H17N3. The molecule has 10 heavy (non-hydrogen) atoms. The standard InChI is InChI=1S/C7H17N3/c1-6-5-7(9-8)3-4-10(6)2/h6-7,9H,3-5,8H2,1-2H3/t6-,7-/m0/s1. The van der Waals surface area contributed by atoms with Crippen LogP contribution in [0.15, 0.2) is 0 Å². The van der Waals surface area contributed by atoms with Gasteiger partial charge in [-0.2, -0.15) is 0 Å². The summed E-state index contributed by atoms with van der Waals surface area (Å²) < 4.78 is 0. The smallest absolute Gasteiger partial charge is 0.0237 e. The molecule has 0 radical (unpaired) electrons.